The molecule has 13 nitrogen and oxygen atoms in total. The van der Waals surface area contributed by atoms with Crippen molar-refractivity contribution in [1.82, 2.24) is 16.0 Å². The quantitative estimate of drug-likeness (QED) is 0.0489. The number of carbonyl (C=O) groups excluding carboxylic acids is 3. The van der Waals surface area contributed by atoms with E-state index in [1.807, 2.05) is 84.9 Å². The molecule has 0 saturated heterocycles. The number of nitrogens with zero attached hydrogens (tertiary/aromatic N) is 2. The molecule has 3 rings (SSSR count). The molecule has 0 aliphatic rings. The fourth-order valence-electron chi connectivity index (χ4n) is 5.15. The molecule has 3 amide bonds. The zero-order valence-corrected chi connectivity index (χ0v) is 27.9. The third-order valence-electron chi connectivity index (χ3n) is 7.80. The van der Waals surface area contributed by atoms with Crippen LogP contribution < -0.4 is 44.6 Å². The van der Waals surface area contributed by atoms with Crippen LogP contribution in [0.3, 0.4) is 0 Å². The first kappa shape index (κ1) is 38.0. The summed E-state index contributed by atoms with van der Waals surface area (Å²) in [4.78, 5) is 48.3. The summed E-state index contributed by atoms with van der Waals surface area (Å²) in [6.07, 6.45) is 3.21. The predicted molar refractivity (Wildman–Crippen MR) is 195 cm³/mol. The Bertz CT molecular complexity index is 1510. The van der Waals surface area contributed by atoms with Gasteiger partial charge >= 0.3 is 0 Å². The monoisotopic (exact) mass is 670 g/mol. The fraction of sp³-hybridized carbons (Fsp3) is 0.361. The zero-order valence-electron chi connectivity index (χ0n) is 27.9. The maximum absolute atomic E-state index is 13.8. The van der Waals surface area contributed by atoms with Crippen LogP contribution in [0.2, 0.25) is 0 Å². The van der Waals surface area contributed by atoms with Crippen LogP contribution in [0.25, 0.3) is 11.1 Å². The van der Waals surface area contributed by atoms with E-state index < -0.39 is 29.9 Å². The highest BCUT2D eigenvalue weighted by atomic mass is 16.2. The van der Waals surface area contributed by atoms with Crippen LogP contribution in [0, 0.1) is 0 Å². The Kier molecular flexibility index (Phi) is 16.1. The molecule has 262 valence electrons. The van der Waals surface area contributed by atoms with Gasteiger partial charge in [0.2, 0.25) is 17.7 Å². The van der Waals surface area contributed by atoms with Gasteiger partial charge in [0, 0.05) is 26.1 Å². The number of aliphatic imine (C=N–C) groups is 2. The predicted octanol–water partition coefficient (Wildman–Crippen LogP) is 1.05. The Morgan fingerprint density at radius 1 is 0.592 bits per heavy atom. The summed E-state index contributed by atoms with van der Waals surface area (Å²) in [5.41, 5.74) is 31.9. The first-order valence-electron chi connectivity index (χ1n) is 16.6. The van der Waals surface area contributed by atoms with Crippen LogP contribution in [-0.4, -0.2) is 67.4 Å². The Morgan fingerprint density at radius 2 is 1.14 bits per heavy atom. The van der Waals surface area contributed by atoms with Gasteiger partial charge in [0.05, 0.1) is 6.04 Å². The lowest BCUT2D eigenvalue weighted by Crippen LogP contribution is -2.56. The van der Waals surface area contributed by atoms with Crippen molar-refractivity contribution in [3.8, 4) is 11.1 Å². The van der Waals surface area contributed by atoms with E-state index in [0.717, 1.165) is 29.5 Å². The van der Waals surface area contributed by atoms with Gasteiger partial charge in [-0.25, -0.2) is 0 Å². The number of hydrogen-bond donors (Lipinski definition) is 8. The van der Waals surface area contributed by atoms with E-state index in [2.05, 4.69) is 25.9 Å². The first-order valence-corrected chi connectivity index (χ1v) is 16.6. The van der Waals surface area contributed by atoms with Gasteiger partial charge in [-0.2, -0.15) is 0 Å². The number of nitrogens with two attached hydrogens (primary N) is 5. The second kappa shape index (κ2) is 20.7. The summed E-state index contributed by atoms with van der Waals surface area (Å²) in [7, 11) is 0. The smallest absolute Gasteiger partial charge is 0.243 e. The van der Waals surface area contributed by atoms with E-state index in [0.29, 0.717) is 38.9 Å². The Balaban J connectivity index is 1.73. The first-order chi connectivity index (χ1) is 23.6. The lowest BCUT2D eigenvalue weighted by atomic mass is 9.99. The van der Waals surface area contributed by atoms with Crippen molar-refractivity contribution in [2.75, 3.05) is 19.6 Å². The molecule has 49 heavy (non-hydrogen) atoms. The third-order valence-corrected chi connectivity index (χ3v) is 7.80. The number of nitrogens with one attached hydrogen (secondary N) is 3. The van der Waals surface area contributed by atoms with Crippen LogP contribution in [0.5, 0.6) is 0 Å². The standard InChI is InChI=1S/C36H50N10O3/c37-29(15-8-22-43-35(38)39)32(47)46-31(24-26-17-19-28(20-18-26)27-13-5-2-6-14-27)34(49)45-30(16-9-23-44-36(40)41)33(48)42-21-7-12-25-10-3-1-4-11-25/h1-6,10-11,13-14,17-20,29-31H,7-9,12,15-16,21-24,37H2,(H,42,48)(H,45,49)(H,46,47)(H4,38,39,43)(H4,40,41,44)/t29-,30-,31-/m0/s1. The van der Waals surface area contributed by atoms with E-state index in [1.165, 1.54) is 5.56 Å². The molecule has 0 bridgehead atoms. The summed E-state index contributed by atoms with van der Waals surface area (Å²) >= 11 is 0. The molecular formula is C36H50N10O3. The van der Waals surface area contributed by atoms with Crippen molar-refractivity contribution >= 4 is 29.6 Å². The van der Waals surface area contributed by atoms with Gasteiger partial charge in [0.1, 0.15) is 12.1 Å². The van der Waals surface area contributed by atoms with Gasteiger partial charge in [-0.3, -0.25) is 24.4 Å². The molecule has 3 aromatic carbocycles. The molecule has 0 aromatic heterocycles. The van der Waals surface area contributed by atoms with Crippen molar-refractivity contribution in [3.63, 3.8) is 0 Å². The van der Waals surface area contributed by atoms with Crippen molar-refractivity contribution in [2.45, 2.75) is 63.1 Å². The minimum Gasteiger partial charge on any atom is -0.370 e. The molecule has 13 N–H and O–H groups in total. The van der Waals surface area contributed by atoms with Gasteiger partial charge in [-0.15, -0.1) is 0 Å². The van der Waals surface area contributed by atoms with E-state index in [1.54, 1.807) is 0 Å². The maximum atomic E-state index is 13.8. The highest BCUT2D eigenvalue weighted by Gasteiger charge is 2.28. The number of amides is 3. The molecule has 3 atom stereocenters. The normalized spacial score (nSPS) is 12.5. The molecule has 0 unspecified atom stereocenters. The highest BCUT2D eigenvalue weighted by Crippen LogP contribution is 2.20. The molecule has 13 heteroatoms. The van der Waals surface area contributed by atoms with Gasteiger partial charge < -0.3 is 44.6 Å². The van der Waals surface area contributed by atoms with Gasteiger partial charge in [-0.1, -0.05) is 84.9 Å². The lowest BCUT2D eigenvalue weighted by Gasteiger charge is -2.24. The maximum Gasteiger partial charge on any atom is 0.243 e. The summed E-state index contributed by atoms with van der Waals surface area (Å²) in [5.74, 6) is -1.44. The van der Waals surface area contributed by atoms with Crippen LogP contribution >= 0.6 is 0 Å². The van der Waals surface area contributed by atoms with Crippen LogP contribution in [0.1, 0.15) is 43.2 Å². The second-order valence-corrected chi connectivity index (χ2v) is 11.8. The lowest BCUT2D eigenvalue weighted by molar-refractivity contribution is -0.132. The Hall–Kier alpha value is -5.43. The highest BCUT2D eigenvalue weighted by molar-refractivity contribution is 5.93. The summed E-state index contributed by atoms with van der Waals surface area (Å²) < 4.78 is 0. The molecule has 0 aliphatic carbocycles. The molecule has 0 heterocycles. The van der Waals surface area contributed by atoms with Crippen molar-refractivity contribution in [2.24, 2.45) is 38.7 Å². The average Bonchev–Trinajstić information content (AvgIpc) is 3.10. The minimum absolute atomic E-state index is 0.0406. The van der Waals surface area contributed by atoms with Gasteiger partial charge in [0.25, 0.3) is 0 Å². The zero-order chi connectivity index (χ0) is 35.4. The van der Waals surface area contributed by atoms with E-state index in [9.17, 15) is 14.4 Å². The van der Waals surface area contributed by atoms with Gasteiger partial charge in [-0.05, 0) is 60.8 Å². The number of hydrogen-bond acceptors (Lipinski definition) is 6. The molecule has 0 fully saturated rings. The van der Waals surface area contributed by atoms with Crippen molar-refractivity contribution in [1.29, 1.82) is 0 Å². The second-order valence-electron chi connectivity index (χ2n) is 11.8. The topological polar surface area (TPSA) is 242 Å². The van der Waals surface area contributed by atoms with E-state index in [4.69, 9.17) is 28.7 Å². The molecule has 0 radical (unpaired) electrons. The number of rotatable bonds is 20. The minimum atomic E-state index is -1.01. The van der Waals surface area contributed by atoms with Crippen LogP contribution in [0.4, 0.5) is 0 Å². The Morgan fingerprint density at radius 3 is 1.76 bits per heavy atom. The number of benzene rings is 3. The summed E-state index contributed by atoms with van der Waals surface area (Å²) in [6, 6.07) is 24.9. The largest absolute Gasteiger partial charge is 0.370 e. The van der Waals surface area contributed by atoms with E-state index in [-0.39, 0.29) is 30.7 Å². The molecule has 0 spiro atoms. The number of guanidine groups is 2. The molecule has 3 aromatic rings. The molecular weight excluding hydrogens is 620 g/mol. The van der Waals surface area contributed by atoms with Crippen molar-refractivity contribution < 1.29 is 14.4 Å². The fourth-order valence-corrected chi connectivity index (χ4v) is 5.15. The van der Waals surface area contributed by atoms with Gasteiger partial charge in [0.15, 0.2) is 11.9 Å². The summed E-state index contributed by atoms with van der Waals surface area (Å²) in [5, 5.41) is 8.62. The molecule has 0 aliphatic heterocycles. The van der Waals surface area contributed by atoms with E-state index >= 15 is 0 Å². The van der Waals surface area contributed by atoms with Crippen LogP contribution in [-0.2, 0) is 27.2 Å². The van der Waals surface area contributed by atoms with Crippen molar-refractivity contribution in [3.05, 3.63) is 96.1 Å². The Labute approximate surface area is 288 Å². The van der Waals surface area contributed by atoms with Crippen LogP contribution in [0.15, 0.2) is 94.9 Å². The number of aryl methyl sites for hydroxylation is 1. The molecule has 0 saturated carbocycles. The third kappa shape index (κ3) is 14.5. The summed E-state index contributed by atoms with van der Waals surface area (Å²) in [6.45, 7) is 1.04. The average molecular weight is 671 g/mol. The number of carbonyl (C=O) groups is 3. The SMILES string of the molecule is NC(N)=NCCC[C@H](NC(=O)[C@H](Cc1ccc(-c2ccccc2)cc1)NC(=O)[C@@H](N)CCCN=C(N)N)C(=O)NCCCc1ccccc1.